The number of H-pyrrole nitrogens is 1. The van der Waals surface area contributed by atoms with Gasteiger partial charge in [0.1, 0.15) is 5.82 Å². The zero-order chi connectivity index (χ0) is 19.2. The van der Waals surface area contributed by atoms with E-state index in [4.69, 9.17) is 0 Å². The molecule has 1 aromatic heterocycles. The van der Waals surface area contributed by atoms with Crippen LogP contribution in [0.5, 0.6) is 0 Å². The van der Waals surface area contributed by atoms with Crippen LogP contribution in [-0.2, 0) is 16.1 Å². The van der Waals surface area contributed by atoms with Crippen molar-refractivity contribution in [3.05, 3.63) is 41.5 Å². The third kappa shape index (κ3) is 5.62. The highest BCUT2D eigenvalue weighted by Crippen LogP contribution is 2.24. The zero-order valence-electron chi connectivity index (χ0n) is 15.8. The fraction of sp³-hybridized carbons (Fsp3) is 0.474. The third-order valence-corrected chi connectivity index (χ3v) is 4.62. The number of benzene rings is 1. The number of rotatable bonds is 6. The highest BCUT2D eigenvalue weighted by Gasteiger charge is 2.25. The van der Waals surface area contributed by atoms with E-state index in [9.17, 15) is 9.59 Å². The zero-order valence-corrected chi connectivity index (χ0v) is 15.8. The van der Waals surface area contributed by atoms with Gasteiger partial charge in [-0.1, -0.05) is 12.1 Å². The number of piperidine rings is 1. The van der Waals surface area contributed by atoms with E-state index in [1.54, 1.807) is 0 Å². The second-order valence-electron chi connectivity index (χ2n) is 7.01. The van der Waals surface area contributed by atoms with E-state index >= 15 is 0 Å². The van der Waals surface area contributed by atoms with Gasteiger partial charge in [-0.25, -0.2) is 4.98 Å². The fourth-order valence-electron chi connectivity index (χ4n) is 3.32. The van der Waals surface area contributed by atoms with E-state index in [-0.39, 0.29) is 17.7 Å². The molecule has 0 radical (unpaired) electrons. The first-order valence-electron chi connectivity index (χ1n) is 9.24. The molecule has 1 fully saturated rings. The number of hydrogen-bond acceptors (Lipinski definition) is 5. The monoisotopic (exact) mass is 370 g/mol. The number of nitrogens with zero attached hydrogens (tertiary/aromatic N) is 3. The van der Waals surface area contributed by atoms with Gasteiger partial charge in [0.25, 0.3) is 0 Å². The molecule has 3 N–H and O–H groups in total. The Kier molecular flexibility index (Phi) is 6.18. The predicted molar refractivity (Wildman–Crippen MR) is 102 cm³/mol. The summed E-state index contributed by atoms with van der Waals surface area (Å²) in [6, 6.07) is 7.45. The van der Waals surface area contributed by atoms with Gasteiger partial charge in [-0.15, -0.1) is 0 Å². The molecule has 0 spiro atoms. The van der Waals surface area contributed by atoms with Gasteiger partial charge in [-0.3, -0.25) is 19.6 Å². The molecule has 8 nitrogen and oxygen atoms in total. The van der Waals surface area contributed by atoms with Crippen LogP contribution in [0.25, 0.3) is 0 Å². The van der Waals surface area contributed by atoms with Crippen molar-refractivity contribution >= 4 is 17.5 Å². The van der Waals surface area contributed by atoms with Crippen LogP contribution in [0.2, 0.25) is 0 Å². The first kappa shape index (κ1) is 19.0. The summed E-state index contributed by atoms with van der Waals surface area (Å²) in [4.78, 5) is 29.9. The van der Waals surface area contributed by atoms with E-state index in [0.29, 0.717) is 13.1 Å². The number of aromatic nitrogens is 3. The summed E-state index contributed by atoms with van der Waals surface area (Å²) < 4.78 is 0. The Balaban J connectivity index is 1.45. The van der Waals surface area contributed by atoms with Crippen LogP contribution >= 0.6 is 0 Å². The van der Waals surface area contributed by atoms with Gasteiger partial charge in [0.05, 0.1) is 6.54 Å². The number of hydrogen-bond donors (Lipinski definition) is 3. The van der Waals surface area contributed by atoms with Gasteiger partial charge in [0.15, 0.2) is 5.82 Å². The molecule has 1 aromatic carbocycles. The number of likely N-dealkylation sites (tertiary alicyclic amines) is 1. The lowest BCUT2D eigenvalue weighted by Gasteiger charge is -2.30. The van der Waals surface area contributed by atoms with Crippen LogP contribution in [0, 0.1) is 6.92 Å². The Hall–Kier alpha value is -2.74. The second-order valence-corrected chi connectivity index (χ2v) is 7.01. The number of nitrogens with one attached hydrogen (secondary N) is 3. The van der Waals surface area contributed by atoms with Gasteiger partial charge in [-0.05, 0) is 44.0 Å². The number of aryl methyl sites for hydroxylation is 1. The highest BCUT2D eigenvalue weighted by molar-refractivity contribution is 5.88. The Morgan fingerprint density at radius 3 is 2.74 bits per heavy atom. The van der Waals surface area contributed by atoms with Crippen LogP contribution in [0.15, 0.2) is 24.3 Å². The lowest BCUT2D eigenvalue weighted by atomic mass is 9.97. The lowest BCUT2D eigenvalue weighted by molar-refractivity contribution is -0.122. The maximum absolute atomic E-state index is 12.3. The SMILES string of the molecule is CC(=O)Nc1ccc(CNC(=O)CN2CCC[C@H](c3n[nH]c(C)n3)C2)cc1. The Labute approximate surface area is 158 Å². The van der Waals surface area contributed by atoms with Crippen molar-refractivity contribution in [1.29, 1.82) is 0 Å². The molecule has 8 heteroatoms. The predicted octanol–water partition coefficient (Wildman–Crippen LogP) is 1.57. The molecule has 1 atom stereocenters. The molecule has 2 amide bonds. The average Bonchev–Trinajstić information content (AvgIpc) is 3.07. The van der Waals surface area contributed by atoms with Gasteiger partial charge in [-0.2, -0.15) is 5.10 Å². The Bertz CT molecular complexity index is 786. The minimum atomic E-state index is -0.101. The topological polar surface area (TPSA) is 103 Å². The molecule has 0 aliphatic carbocycles. The van der Waals surface area contributed by atoms with Crippen molar-refractivity contribution in [3.8, 4) is 0 Å². The molecule has 144 valence electrons. The first-order chi connectivity index (χ1) is 13.0. The van der Waals surface area contributed by atoms with Crippen molar-refractivity contribution in [2.24, 2.45) is 0 Å². The maximum Gasteiger partial charge on any atom is 0.234 e. The molecule has 0 unspecified atom stereocenters. The van der Waals surface area contributed by atoms with Gasteiger partial charge < -0.3 is 10.6 Å². The normalized spacial score (nSPS) is 17.5. The van der Waals surface area contributed by atoms with Crippen LogP contribution in [0.3, 0.4) is 0 Å². The smallest absolute Gasteiger partial charge is 0.234 e. The van der Waals surface area contributed by atoms with Crippen molar-refractivity contribution in [3.63, 3.8) is 0 Å². The molecule has 27 heavy (non-hydrogen) atoms. The van der Waals surface area contributed by atoms with Crippen molar-refractivity contribution in [2.45, 2.75) is 39.2 Å². The molecule has 3 rings (SSSR count). The van der Waals surface area contributed by atoms with Crippen molar-refractivity contribution < 1.29 is 9.59 Å². The molecule has 0 saturated carbocycles. The van der Waals surface area contributed by atoms with Crippen LogP contribution < -0.4 is 10.6 Å². The minimum absolute atomic E-state index is 0.00718. The van der Waals surface area contributed by atoms with Crippen molar-refractivity contribution in [2.75, 3.05) is 25.0 Å². The molecular formula is C19H26N6O2. The van der Waals surface area contributed by atoms with Crippen LogP contribution in [-0.4, -0.2) is 51.5 Å². The van der Waals surface area contributed by atoms with Crippen molar-refractivity contribution in [1.82, 2.24) is 25.4 Å². The number of carbonyl (C=O) groups excluding carboxylic acids is 2. The maximum atomic E-state index is 12.3. The summed E-state index contributed by atoms with van der Waals surface area (Å²) in [6.45, 7) is 5.94. The van der Waals surface area contributed by atoms with Crippen LogP contribution in [0.1, 0.15) is 42.9 Å². The van der Waals surface area contributed by atoms with E-state index < -0.39 is 0 Å². The fourth-order valence-corrected chi connectivity index (χ4v) is 3.32. The molecule has 0 bridgehead atoms. The lowest BCUT2D eigenvalue weighted by Crippen LogP contribution is -2.42. The molecule has 1 aliphatic rings. The summed E-state index contributed by atoms with van der Waals surface area (Å²) in [5.74, 6) is 1.85. The largest absolute Gasteiger partial charge is 0.351 e. The minimum Gasteiger partial charge on any atom is -0.351 e. The summed E-state index contributed by atoms with van der Waals surface area (Å²) in [5, 5.41) is 12.8. The number of aromatic amines is 1. The van der Waals surface area contributed by atoms with Gasteiger partial charge in [0, 0.05) is 31.6 Å². The van der Waals surface area contributed by atoms with E-state index in [1.807, 2.05) is 31.2 Å². The molecule has 2 heterocycles. The number of carbonyl (C=O) groups is 2. The number of amides is 2. The van der Waals surface area contributed by atoms with Gasteiger partial charge >= 0.3 is 0 Å². The summed E-state index contributed by atoms with van der Waals surface area (Å²) in [6.07, 6.45) is 2.09. The summed E-state index contributed by atoms with van der Waals surface area (Å²) >= 11 is 0. The molecular weight excluding hydrogens is 344 g/mol. The quantitative estimate of drug-likeness (QED) is 0.716. The highest BCUT2D eigenvalue weighted by atomic mass is 16.2. The Morgan fingerprint density at radius 1 is 1.30 bits per heavy atom. The summed E-state index contributed by atoms with van der Waals surface area (Å²) in [7, 11) is 0. The third-order valence-electron chi connectivity index (χ3n) is 4.62. The van der Waals surface area contributed by atoms with Gasteiger partial charge in [0.2, 0.25) is 11.8 Å². The first-order valence-corrected chi connectivity index (χ1v) is 9.24. The number of anilines is 1. The molecule has 1 aliphatic heterocycles. The molecule has 1 saturated heterocycles. The van der Waals surface area contributed by atoms with Crippen LogP contribution in [0.4, 0.5) is 5.69 Å². The standard InChI is InChI=1S/C19H26N6O2/c1-13-21-19(24-23-13)16-4-3-9-25(11-16)12-18(27)20-10-15-5-7-17(8-6-15)22-14(2)26/h5-8,16H,3-4,9-12H2,1-2H3,(H,20,27)(H,22,26)(H,21,23,24)/t16-/m0/s1. The summed E-state index contributed by atoms with van der Waals surface area (Å²) in [5.41, 5.74) is 1.74. The average molecular weight is 370 g/mol. The second kappa shape index (κ2) is 8.77. The van der Waals surface area contributed by atoms with E-state index in [2.05, 4.69) is 30.7 Å². The van der Waals surface area contributed by atoms with E-state index in [0.717, 1.165) is 48.8 Å². The van der Waals surface area contributed by atoms with E-state index in [1.165, 1.54) is 6.92 Å². The molecule has 2 aromatic rings. The Morgan fingerprint density at radius 2 is 2.07 bits per heavy atom.